The van der Waals surface area contributed by atoms with Gasteiger partial charge in [-0.1, -0.05) is 24.3 Å². The Morgan fingerprint density at radius 2 is 1.80 bits per heavy atom. The van der Waals surface area contributed by atoms with Crippen molar-refractivity contribution in [2.45, 2.75) is 18.9 Å². The van der Waals surface area contributed by atoms with Gasteiger partial charge in [-0.05, 0) is 29.3 Å². The molecule has 4 heteroatoms. The van der Waals surface area contributed by atoms with Crippen LogP contribution in [0.1, 0.15) is 21.5 Å². The number of hydrogen-bond donors (Lipinski definition) is 2. The van der Waals surface area contributed by atoms with Crippen molar-refractivity contribution >= 4 is 11.7 Å². The third kappa shape index (κ3) is 2.32. The van der Waals surface area contributed by atoms with Crippen LogP contribution in [0.25, 0.3) is 0 Å². The van der Waals surface area contributed by atoms with E-state index >= 15 is 0 Å². The molecule has 0 aliphatic heterocycles. The summed E-state index contributed by atoms with van der Waals surface area (Å²) in [6.07, 6.45) is 1.67. The second-order valence-electron chi connectivity index (χ2n) is 4.97. The number of carbonyl (C=O) groups is 1. The lowest BCUT2D eigenvalue weighted by Crippen LogP contribution is -2.17. The molecule has 4 nitrogen and oxygen atoms in total. The van der Waals surface area contributed by atoms with Gasteiger partial charge < -0.3 is 15.6 Å². The first-order valence-corrected chi connectivity index (χ1v) is 6.50. The van der Waals surface area contributed by atoms with E-state index in [4.69, 9.17) is 15.6 Å². The quantitative estimate of drug-likeness (QED) is 0.840. The number of anilines is 1. The van der Waals surface area contributed by atoms with Crippen molar-refractivity contribution in [1.29, 1.82) is 0 Å². The Morgan fingerprint density at radius 1 is 1.15 bits per heavy atom. The van der Waals surface area contributed by atoms with E-state index in [-0.39, 0.29) is 11.7 Å². The van der Waals surface area contributed by atoms with Crippen molar-refractivity contribution in [3.8, 4) is 5.75 Å². The van der Waals surface area contributed by atoms with Gasteiger partial charge in [-0.2, -0.15) is 0 Å². The number of rotatable bonds is 3. The van der Waals surface area contributed by atoms with Gasteiger partial charge in [0.2, 0.25) is 0 Å². The Balaban J connectivity index is 1.80. The maximum Gasteiger partial charge on any atom is 0.335 e. The zero-order valence-electron chi connectivity index (χ0n) is 10.9. The van der Waals surface area contributed by atoms with Gasteiger partial charge in [-0.25, -0.2) is 4.79 Å². The number of nitrogen functional groups attached to an aromatic ring is 1. The Hall–Kier alpha value is -2.49. The molecule has 1 aliphatic carbocycles. The molecule has 0 heterocycles. The highest BCUT2D eigenvalue weighted by Gasteiger charge is 2.23. The average molecular weight is 269 g/mol. The molecular weight excluding hydrogens is 254 g/mol. The molecule has 1 aliphatic rings. The summed E-state index contributed by atoms with van der Waals surface area (Å²) in [7, 11) is 0. The molecule has 2 aromatic carbocycles. The number of nitrogens with two attached hydrogens (primary N) is 1. The van der Waals surface area contributed by atoms with Crippen molar-refractivity contribution in [3.05, 3.63) is 59.2 Å². The van der Waals surface area contributed by atoms with Crippen LogP contribution >= 0.6 is 0 Å². The number of carboxylic acids is 1. The molecule has 0 saturated carbocycles. The van der Waals surface area contributed by atoms with Gasteiger partial charge in [0.15, 0.2) is 0 Å². The lowest BCUT2D eigenvalue weighted by Gasteiger charge is -2.15. The monoisotopic (exact) mass is 269 g/mol. The molecule has 0 aromatic heterocycles. The third-order valence-corrected chi connectivity index (χ3v) is 3.57. The van der Waals surface area contributed by atoms with Crippen molar-refractivity contribution in [3.63, 3.8) is 0 Å². The smallest absolute Gasteiger partial charge is 0.335 e. The van der Waals surface area contributed by atoms with Crippen LogP contribution in [0.2, 0.25) is 0 Å². The Bertz CT molecular complexity index is 642. The lowest BCUT2D eigenvalue weighted by molar-refractivity contribution is 0.0696. The van der Waals surface area contributed by atoms with Gasteiger partial charge in [0.05, 0.1) is 11.3 Å². The van der Waals surface area contributed by atoms with Crippen LogP contribution in [0.3, 0.4) is 0 Å². The van der Waals surface area contributed by atoms with Gasteiger partial charge in [0, 0.05) is 12.8 Å². The second-order valence-corrected chi connectivity index (χ2v) is 4.97. The topological polar surface area (TPSA) is 72.6 Å². The molecule has 3 N–H and O–H groups in total. The predicted molar refractivity (Wildman–Crippen MR) is 76.1 cm³/mol. The van der Waals surface area contributed by atoms with E-state index in [9.17, 15) is 4.79 Å². The van der Waals surface area contributed by atoms with Crippen LogP contribution in [0, 0.1) is 0 Å². The zero-order chi connectivity index (χ0) is 14.1. The second kappa shape index (κ2) is 4.89. The van der Waals surface area contributed by atoms with Gasteiger partial charge in [0.1, 0.15) is 11.9 Å². The van der Waals surface area contributed by atoms with E-state index in [0.717, 1.165) is 12.8 Å². The molecule has 0 radical (unpaired) electrons. The van der Waals surface area contributed by atoms with Crippen molar-refractivity contribution in [2.24, 2.45) is 0 Å². The summed E-state index contributed by atoms with van der Waals surface area (Å²) in [5.41, 5.74) is 9.07. The van der Waals surface area contributed by atoms with E-state index in [1.165, 1.54) is 23.3 Å². The SMILES string of the molecule is Nc1ccc(C(=O)O)cc1OC1Cc2ccccc2C1. The van der Waals surface area contributed by atoms with Crippen LogP contribution in [-0.2, 0) is 12.8 Å². The number of carboxylic acid groups (broad SMARTS) is 1. The first-order valence-electron chi connectivity index (χ1n) is 6.50. The maximum atomic E-state index is 11.0. The Kier molecular flexibility index (Phi) is 3.06. The molecule has 102 valence electrons. The van der Waals surface area contributed by atoms with Crippen molar-refractivity contribution in [1.82, 2.24) is 0 Å². The lowest BCUT2D eigenvalue weighted by atomic mass is 10.1. The average Bonchev–Trinajstić information content (AvgIpc) is 2.83. The molecule has 0 saturated heterocycles. The number of benzene rings is 2. The highest BCUT2D eigenvalue weighted by molar-refractivity contribution is 5.89. The van der Waals surface area contributed by atoms with Gasteiger partial charge >= 0.3 is 5.97 Å². The number of ether oxygens (including phenoxy) is 1. The normalized spacial score (nSPS) is 14.0. The predicted octanol–water partition coefficient (Wildman–Crippen LogP) is 2.51. The summed E-state index contributed by atoms with van der Waals surface area (Å²) in [6.45, 7) is 0. The Labute approximate surface area is 116 Å². The minimum Gasteiger partial charge on any atom is -0.488 e. The standard InChI is InChI=1S/C16H15NO3/c17-14-6-5-12(16(18)19)9-15(14)20-13-7-10-3-1-2-4-11(10)8-13/h1-6,9,13H,7-8,17H2,(H,18,19). The summed E-state index contributed by atoms with van der Waals surface area (Å²) in [4.78, 5) is 11.0. The molecule has 20 heavy (non-hydrogen) atoms. The van der Waals surface area contributed by atoms with Gasteiger partial charge in [-0.15, -0.1) is 0 Å². The van der Waals surface area contributed by atoms with Crippen LogP contribution in [0.5, 0.6) is 5.75 Å². The van der Waals surface area contributed by atoms with Crippen LogP contribution in [-0.4, -0.2) is 17.2 Å². The van der Waals surface area contributed by atoms with Crippen molar-refractivity contribution < 1.29 is 14.6 Å². The van der Waals surface area contributed by atoms with E-state index in [0.29, 0.717) is 11.4 Å². The minimum atomic E-state index is -0.982. The summed E-state index contributed by atoms with van der Waals surface area (Å²) in [6, 6.07) is 12.8. The summed E-state index contributed by atoms with van der Waals surface area (Å²) < 4.78 is 5.89. The van der Waals surface area contributed by atoms with Gasteiger partial charge in [-0.3, -0.25) is 0 Å². The number of aromatic carboxylic acids is 1. The summed E-state index contributed by atoms with van der Waals surface area (Å²) in [5.74, 6) is -0.535. The Morgan fingerprint density at radius 3 is 2.40 bits per heavy atom. The fourth-order valence-corrected chi connectivity index (χ4v) is 2.55. The summed E-state index contributed by atoms with van der Waals surface area (Å²) in [5, 5.41) is 9.01. The molecular formula is C16H15NO3. The fraction of sp³-hybridized carbons (Fsp3) is 0.188. The third-order valence-electron chi connectivity index (χ3n) is 3.57. The van der Waals surface area contributed by atoms with E-state index in [2.05, 4.69) is 12.1 Å². The fourth-order valence-electron chi connectivity index (χ4n) is 2.55. The van der Waals surface area contributed by atoms with E-state index < -0.39 is 5.97 Å². The van der Waals surface area contributed by atoms with E-state index in [1.54, 1.807) is 6.07 Å². The zero-order valence-corrected chi connectivity index (χ0v) is 10.9. The molecule has 0 unspecified atom stereocenters. The van der Waals surface area contributed by atoms with Crippen LogP contribution < -0.4 is 10.5 Å². The molecule has 0 spiro atoms. The molecule has 0 atom stereocenters. The van der Waals surface area contributed by atoms with Gasteiger partial charge in [0.25, 0.3) is 0 Å². The molecule has 3 rings (SSSR count). The molecule has 0 bridgehead atoms. The highest BCUT2D eigenvalue weighted by Crippen LogP contribution is 2.29. The first-order chi connectivity index (χ1) is 9.63. The number of fused-ring (bicyclic) bond motifs is 1. The largest absolute Gasteiger partial charge is 0.488 e. The molecule has 0 amide bonds. The van der Waals surface area contributed by atoms with E-state index in [1.807, 2.05) is 12.1 Å². The number of hydrogen-bond acceptors (Lipinski definition) is 3. The molecule has 2 aromatic rings. The molecule has 0 fully saturated rings. The first kappa shape index (κ1) is 12.5. The van der Waals surface area contributed by atoms with Crippen LogP contribution in [0.4, 0.5) is 5.69 Å². The van der Waals surface area contributed by atoms with Crippen LogP contribution in [0.15, 0.2) is 42.5 Å². The highest BCUT2D eigenvalue weighted by atomic mass is 16.5. The summed E-state index contributed by atoms with van der Waals surface area (Å²) >= 11 is 0. The maximum absolute atomic E-state index is 11.0. The van der Waals surface area contributed by atoms with Crippen molar-refractivity contribution in [2.75, 3.05) is 5.73 Å². The minimum absolute atomic E-state index is 0.0127.